The van der Waals surface area contributed by atoms with Crippen LogP contribution in [-0.2, 0) is 11.2 Å². The first-order chi connectivity index (χ1) is 7.31. The molecule has 2 heteroatoms. The van der Waals surface area contributed by atoms with E-state index in [-0.39, 0.29) is 0 Å². The minimum Gasteiger partial charge on any atom is -0.498 e. The number of hydrogen-bond acceptors (Lipinski definition) is 1. The van der Waals surface area contributed by atoms with Crippen molar-refractivity contribution in [3.63, 3.8) is 0 Å². The largest absolute Gasteiger partial charge is 0.498 e. The smallest absolute Gasteiger partial charge is 0.0932 e. The Morgan fingerprint density at radius 2 is 2.20 bits per heavy atom. The van der Waals surface area contributed by atoms with Crippen molar-refractivity contribution in [3.05, 3.63) is 48.4 Å². The molecule has 0 spiro atoms. The summed E-state index contributed by atoms with van der Waals surface area (Å²) in [5, 5.41) is 1.25. The van der Waals surface area contributed by atoms with E-state index in [1.165, 1.54) is 10.9 Å². The Morgan fingerprint density at radius 1 is 1.40 bits per heavy atom. The second-order valence-electron chi connectivity index (χ2n) is 3.51. The number of nitrogens with one attached hydrogen (secondary N) is 1. The topological polar surface area (TPSA) is 25.0 Å². The highest BCUT2D eigenvalue weighted by Crippen LogP contribution is 2.20. The number of aromatic nitrogens is 1. The Morgan fingerprint density at radius 3 is 3.00 bits per heavy atom. The average Bonchev–Trinajstić information content (AvgIpc) is 2.62. The van der Waals surface area contributed by atoms with Gasteiger partial charge in [-0.05, 0) is 18.6 Å². The van der Waals surface area contributed by atoms with Gasteiger partial charge in [0.1, 0.15) is 0 Å². The Bertz CT molecular complexity index is 470. The molecule has 1 aromatic heterocycles. The normalized spacial score (nSPS) is 10.5. The standard InChI is InChI=1S/C13H15NO/c1-3-15-10(2)8-11-9-14-13-7-5-4-6-12(11)13/h4-7,9,14H,2-3,8H2,1H3. The third-order valence-electron chi connectivity index (χ3n) is 2.41. The van der Waals surface area contributed by atoms with Gasteiger partial charge in [0.15, 0.2) is 0 Å². The molecule has 15 heavy (non-hydrogen) atoms. The predicted molar refractivity (Wildman–Crippen MR) is 62.8 cm³/mol. The third kappa shape index (κ3) is 2.04. The summed E-state index contributed by atoms with van der Waals surface area (Å²) in [5.41, 5.74) is 2.40. The number of aromatic amines is 1. The molecule has 78 valence electrons. The molecule has 2 nitrogen and oxygen atoms in total. The molecule has 1 N–H and O–H groups in total. The summed E-state index contributed by atoms with van der Waals surface area (Å²) in [5.74, 6) is 0.822. The van der Waals surface area contributed by atoms with E-state index in [4.69, 9.17) is 4.74 Å². The molecule has 2 aromatic rings. The number of allylic oxidation sites excluding steroid dienone is 1. The average molecular weight is 201 g/mol. The van der Waals surface area contributed by atoms with Gasteiger partial charge in [0.2, 0.25) is 0 Å². The summed E-state index contributed by atoms with van der Waals surface area (Å²) in [6.45, 7) is 6.54. The van der Waals surface area contributed by atoms with Crippen LogP contribution in [0.15, 0.2) is 42.8 Å². The molecule has 0 saturated heterocycles. The molecule has 0 fully saturated rings. The second kappa shape index (κ2) is 4.22. The highest BCUT2D eigenvalue weighted by atomic mass is 16.5. The molecule has 2 rings (SSSR count). The fourth-order valence-electron chi connectivity index (χ4n) is 1.75. The lowest BCUT2D eigenvalue weighted by Gasteiger charge is -2.05. The van der Waals surface area contributed by atoms with Crippen LogP contribution in [0.3, 0.4) is 0 Å². The lowest BCUT2D eigenvalue weighted by molar-refractivity contribution is 0.225. The number of fused-ring (bicyclic) bond motifs is 1. The minimum atomic E-state index is 0.682. The molecule has 0 bridgehead atoms. The fraction of sp³-hybridized carbons (Fsp3) is 0.231. The van der Waals surface area contributed by atoms with Gasteiger partial charge >= 0.3 is 0 Å². The van der Waals surface area contributed by atoms with Crippen molar-refractivity contribution < 1.29 is 4.74 Å². The van der Waals surface area contributed by atoms with Crippen molar-refractivity contribution in [1.82, 2.24) is 4.98 Å². The summed E-state index contributed by atoms with van der Waals surface area (Å²) in [4.78, 5) is 3.24. The van der Waals surface area contributed by atoms with Gasteiger partial charge in [-0.3, -0.25) is 0 Å². The third-order valence-corrected chi connectivity index (χ3v) is 2.41. The van der Waals surface area contributed by atoms with Gasteiger partial charge in [0.05, 0.1) is 12.4 Å². The van der Waals surface area contributed by atoms with Crippen LogP contribution >= 0.6 is 0 Å². The van der Waals surface area contributed by atoms with E-state index in [2.05, 4.69) is 23.7 Å². The molecule has 0 aliphatic heterocycles. The number of rotatable bonds is 4. The number of para-hydroxylation sites is 1. The van der Waals surface area contributed by atoms with Crippen LogP contribution in [0.4, 0.5) is 0 Å². The SMILES string of the molecule is C=C(Cc1c[nH]c2ccccc12)OCC. The van der Waals surface area contributed by atoms with E-state index >= 15 is 0 Å². The second-order valence-corrected chi connectivity index (χ2v) is 3.51. The minimum absolute atomic E-state index is 0.682. The maximum atomic E-state index is 5.36. The van der Waals surface area contributed by atoms with Crippen LogP contribution in [0, 0.1) is 0 Å². The number of benzene rings is 1. The molecule has 1 heterocycles. The van der Waals surface area contributed by atoms with Gasteiger partial charge in [-0.25, -0.2) is 0 Å². The van der Waals surface area contributed by atoms with Crippen LogP contribution in [-0.4, -0.2) is 11.6 Å². The van der Waals surface area contributed by atoms with Gasteiger partial charge in [-0.2, -0.15) is 0 Å². The first-order valence-corrected chi connectivity index (χ1v) is 5.17. The summed E-state index contributed by atoms with van der Waals surface area (Å²) >= 11 is 0. The molecule has 0 atom stereocenters. The molecule has 0 aliphatic rings. The zero-order valence-corrected chi connectivity index (χ0v) is 8.92. The Kier molecular flexibility index (Phi) is 2.77. The highest BCUT2D eigenvalue weighted by molar-refractivity contribution is 5.83. The van der Waals surface area contributed by atoms with Crippen molar-refractivity contribution in [2.45, 2.75) is 13.3 Å². The molecule has 1 aromatic carbocycles. The lowest BCUT2D eigenvalue weighted by Crippen LogP contribution is -1.93. The first-order valence-electron chi connectivity index (χ1n) is 5.17. The number of hydrogen-bond donors (Lipinski definition) is 1. The molecule has 0 saturated carbocycles. The quantitative estimate of drug-likeness (QED) is 0.754. The van der Waals surface area contributed by atoms with E-state index in [0.717, 1.165) is 17.7 Å². The van der Waals surface area contributed by atoms with E-state index in [9.17, 15) is 0 Å². The molecule has 0 aliphatic carbocycles. The van der Waals surface area contributed by atoms with Crippen LogP contribution in [0.5, 0.6) is 0 Å². The maximum absolute atomic E-state index is 5.36. The van der Waals surface area contributed by atoms with Crippen molar-refractivity contribution in [2.24, 2.45) is 0 Å². The zero-order valence-electron chi connectivity index (χ0n) is 8.92. The molecule has 0 radical (unpaired) electrons. The summed E-state index contributed by atoms with van der Waals surface area (Å²) in [7, 11) is 0. The monoisotopic (exact) mass is 201 g/mol. The van der Waals surface area contributed by atoms with Crippen molar-refractivity contribution in [1.29, 1.82) is 0 Å². The van der Waals surface area contributed by atoms with Gasteiger partial charge < -0.3 is 9.72 Å². The van der Waals surface area contributed by atoms with Crippen LogP contribution < -0.4 is 0 Å². The summed E-state index contributed by atoms with van der Waals surface area (Å²) < 4.78 is 5.36. The zero-order chi connectivity index (χ0) is 10.7. The Labute approximate surface area is 89.6 Å². The highest BCUT2D eigenvalue weighted by Gasteiger charge is 2.04. The first kappa shape index (κ1) is 9.84. The van der Waals surface area contributed by atoms with E-state index in [0.29, 0.717) is 6.61 Å². The van der Waals surface area contributed by atoms with Crippen molar-refractivity contribution >= 4 is 10.9 Å². The van der Waals surface area contributed by atoms with E-state index in [1.807, 2.05) is 25.3 Å². The molecule has 0 unspecified atom stereocenters. The predicted octanol–water partition coefficient (Wildman–Crippen LogP) is 3.26. The fourth-order valence-corrected chi connectivity index (χ4v) is 1.75. The van der Waals surface area contributed by atoms with Crippen LogP contribution in [0.2, 0.25) is 0 Å². The van der Waals surface area contributed by atoms with Crippen LogP contribution in [0.25, 0.3) is 10.9 Å². The van der Waals surface area contributed by atoms with Gasteiger partial charge in [-0.1, -0.05) is 24.8 Å². The van der Waals surface area contributed by atoms with Crippen molar-refractivity contribution in [3.8, 4) is 0 Å². The Balaban J connectivity index is 2.25. The number of H-pyrrole nitrogens is 1. The van der Waals surface area contributed by atoms with Crippen molar-refractivity contribution in [2.75, 3.05) is 6.61 Å². The van der Waals surface area contributed by atoms with Gasteiger partial charge in [-0.15, -0.1) is 0 Å². The maximum Gasteiger partial charge on any atom is 0.0932 e. The number of ether oxygens (including phenoxy) is 1. The summed E-state index contributed by atoms with van der Waals surface area (Å²) in [6, 6.07) is 8.26. The van der Waals surface area contributed by atoms with Gasteiger partial charge in [0, 0.05) is 23.5 Å². The molecule has 0 amide bonds. The molecular weight excluding hydrogens is 186 g/mol. The molecular formula is C13H15NO. The lowest BCUT2D eigenvalue weighted by atomic mass is 10.1. The van der Waals surface area contributed by atoms with Crippen LogP contribution in [0.1, 0.15) is 12.5 Å². The van der Waals surface area contributed by atoms with E-state index < -0.39 is 0 Å². The summed E-state index contributed by atoms with van der Waals surface area (Å²) in [6.07, 6.45) is 2.80. The van der Waals surface area contributed by atoms with E-state index in [1.54, 1.807) is 0 Å². The Hall–Kier alpha value is -1.70. The van der Waals surface area contributed by atoms with Gasteiger partial charge in [0.25, 0.3) is 0 Å².